The van der Waals surface area contributed by atoms with Crippen LogP contribution in [0.2, 0.25) is 0 Å². The Kier molecular flexibility index (Phi) is 5.53. The van der Waals surface area contributed by atoms with Crippen LogP contribution in [0.25, 0.3) is 26.4 Å². The topological polar surface area (TPSA) is 88.6 Å². The lowest BCUT2D eigenvalue weighted by atomic mass is 10.3. The molecule has 0 fully saturated rings. The quantitative estimate of drug-likeness (QED) is 0.294. The van der Waals surface area contributed by atoms with Crippen LogP contribution in [0.15, 0.2) is 63.9 Å². The van der Waals surface area contributed by atoms with Crippen LogP contribution >= 0.6 is 23.6 Å². The van der Waals surface area contributed by atoms with Crippen LogP contribution in [0.3, 0.4) is 0 Å². The summed E-state index contributed by atoms with van der Waals surface area (Å²) in [6.07, 6.45) is 1.48. The zero-order valence-corrected chi connectivity index (χ0v) is 19.2. The van der Waals surface area contributed by atoms with E-state index in [4.69, 9.17) is 30.8 Å². The molecule has 0 saturated heterocycles. The highest BCUT2D eigenvalue weighted by atomic mass is 32.1. The van der Waals surface area contributed by atoms with Crippen LogP contribution in [0, 0.1) is 4.84 Å². The van der Waals surface area contributed by atoms with Gasteiger partial charge in [-0.05, 0) is 43.4 Å². The molecule has 3 aromatic heterocycles. The molecule has 0 bridgehead atoms. The van der Waals surface area contributed by atoms with E-state index in [0.29, 0.717) is 40.3 Å². The first-order valence-electron chi connectivity index (χ1n) is 9.98. The van der Waals surface area contributed by atoms with Gasteiger partial charge in [-0.25, -0.2) is 14.5 Å². The van der Waals surface area contributed by atoms with Crippen LogP contribution in [0.4, 0.5) is 0 Å². The summed E-state index contributed by atoms with van der Waals surface area (Å²) >= 11 is 6.65. The molecule has 0 saturated carbocycles. The number of rotatable bonds is 6. The second-order valence-corrected chi connectivity index (χ2v) is 8.17. The number of benzene rings is 2. The summed E-state index contributed by atoms with van der Waals surface area (Å²) in [6, 6.07) is 14.6. The Morgan fingerprint density at radius 2 is 1.94 bits per heavy atom. The van der Waals surface area contributed by atoms with Gasteiger partial charge >= 0.3 is 0 Å². The van der Waals surface area contributed by atoms with Crippen molar-refractivity contribution in [2.75, 3.05) is 13.7 Å². The molecule has 3 heterocycles. The second-order valence-electron chi connectivity index (χ2n) is 6.81. The Morgan fingerprint density at radius 1 is 1.12 bits per heavy atom. The fourth-order valence-electron chi connectivity index (χ4n) is 3.32. The van der Waals surface area contributed by atoms with Gasteiger partial charge in [0.05, 0.1) is 23.9 Å². The van der Waals surface area contributed by atoms with Crippen LogP contribution < -0.4 is 19.8 Å². The van der Waals surface area contributed by atoms with Crippen LogP contribution in [0.1, 0.15) is 6.92 Å². The lowest BCUT2D eigenvalue weighted by Crippen LogP contribution is -2.20. The van der Waals surface area contributed by atoms with E-state index in [-0.39, 0.29) is 15.9 Å². The molecular formula is C23H17N3O5S2. The molecule has 8 nitrogen and oxygen atoms in total. The monoisotopic (exact) mass is 479 g/mol. The zero-order valence-electron chi connectivity index (χ0n) is 17.6. The first-order chi connectivity index (χ1) is 16.1. The van der Waals surface area contributed by atoms with E-state index in [0.717, 1.165) is 4.70 Å². The van der Waals surface area contributed by atoms with E-state index in [1.54, 1.807) is 6.07 Å². The smallest absolute Gasteiger partial charge is 0.290 e. The largest absolute Gasteiger partial charge is 0.493 e. The molecule has 0 atom stereocenters. The molecule has 2 aromatic carbocycles. The van der Waals surface area contributed by atoms with Crippen molar-refractivity contribution in [2.45, 2.75) is 6.92 Å². The van der Waals surface area contributed by atoms with Crippen LogP contribution in [-0.2, 0) is 0 Å². The number of pyridine rings is 1. The first kappa shape index (κ1) is 21.1. The minimum atomic E-state index is -0.429. The molecule has 0 spiro atoms. The molecule has 0 aliphatic carbocycles. The number of aromatic nitrogens is 3. The number of hydrogen-bond acceptors (Lipinski definition) is 9. The van der Waals surface area contributed by atoms with Gasteiger partial charge in [-0.15, -0.1) is 0 Å². The van der Waals surface area contributed by atoms with Crippen molar-refractivity contribution in [1.82, 2.24) is 14.5 Å². The predicted molar refractivity (Wildman–Crippen MR) is 128 cm³/mol. The van der Waals surface area contributed by atoms with Crippen molar-refractivity contribution < 1.29 is 18.6 Å². The average Bonchev–Trinajstić information content (AvgIpc) is 3.23. The summed E-state index contributed by atoms with van der Waals surface area (Å²) in [4.78, 5) is 21.8. The molecule has 0 N–H and O–H groups in total. The van der Waals surface area contributed by atoms with Gasteiger partial charge in [-0.3, -0.25) is 4.79 Å². The van der Waals surface area contributed by atoms with Crippen molar-refractivity contribution >= 4 is 44.9 Å². The Morgan fingerprint density at radius 3 is 2.73 bits per heavy atom. The molecule has 10 heteroatoms. The Bertz CT molecular complexity index is 1610. The molecule has 0 radical (unpaired) electrons. The highest BCUT2D eigenvalue weighted by Gasteiger charge is 2.17. The number of methoxy groups -OCH3 is 1. The van der Waals surface area contributed by atoms with Gasteiger partial charge in [0.15, 0.2) is 22.8 Å². The summed E-state index contributed by atoms with van der Waals surface area (Å²) in [6.45, 7) is 2.45. The minimum Gasteiger partial charge on any atom is -0.493 e. The van der Waals surface area contributed by atoms with Crippen molar-refractivity contribution in [2.24, 2.45) is 0 Å². The maximum Gasteiger partial charge on any atom is 0.290 e. The van der Waals surface area contributed by atoms with Gasteiger partial charge in [0.1, 0.15) is 5.75 Å². The summed E-state index contributed by atoms with van der Waals surface area (Å²) in [5.74, 6) is 2.27. The van der Waals surface area contributed by atoms with E-state index in [2.05, 4.69) is 9.97 Å². The molecule has 166 valence electrons. The van der Waals surface area contributed by atoms with Gasteiger partial charge < -0.3 is 18.6 Å². The molecule has 33 heavy (non-hydrogen) atoms. The minimum absolute atomic E-state index is 0.0417. The number of para-hydroxylation sites is 2. The normalized spacial score (nSPS) is 11.1. The third-order valence-electron chi connectivity index (χ3n) is 4.78. The highest BCUT2D eigenvalue weighted by Crippen LogP contribution is 2.34. The molecule has 5 aromatic rings. The Balaban J connectivity index is 1.57. The maximum atomic E-state index is 13.1. The van der Waals surface area contributed by atoms with Gasteiger partial charge in [-0.1, -0.05) is 23.5 Å². The summed E-state index contributed by atoms with van der Waals surface area (Å²) in [7, 11) is 1.48. The molecule has 0 amide bonds. The first-order valence-corrected chi connectivity index (χ1v) is 11.2. The highest BCUT2D eigenvalue weighted by molar-refractivity contribution is 7.71. The van der Waals surface area contributed by atoms with Crippen LogP contribution in [0.5, 0.6) is 23.0 Å². The van der Waals surface area contributed by atoms with E-state index in [1.165, 1.54) is 29.2 Å². The predicted octanol–water partition coefficient (Wildman–Crippen LogP) is 5.52. The molecule has 0 unspecified atom stereocenters. The maximum absolute atomic E-state index is 13.1. The second kappa shape index (κ2) is 8.64. The van der Waals surface area contributed by atoms with E-state index in [1.807, 2.05) is 49.4 Å². The standard InChI is InChI=1S/C23H17N3O5S2/c1-3-29-15-6-4-5-7-16(15)30-13-8-9-14-18(12-13)33-22(25-14)26-21(27)19-20(31-23(26)32)17(28-2)10-11-24-19/h4-12H,3H2,1-2H3. The Hall–Kier alpha value is -3.76. The third kappa shape index (κ3) is 3.83. The van der Waals surface area contributed by atoms with Gasteiger partial charge in [0.25, 0.3) is 10.4 Å². The van der Waals surface area contributed by atoms with Crippen molar-refractivity contribution in [3.8, 4) is 28.1 Å². The van der Waals surface area contributed by atoms with Crippen molar-refractivity contribution in [3.63, 3.8) is 0 Å². The van der Waals surface area contributed by atoms with Crippen molar-refractivity contribution in [1.29, 1.82) is 0 Å². The fraction of sp³-hybridized carbons (Fsp3) is 0.130. The SMILES string of the molecule is CCOc1ccccc1Oc1ccc2nc(-n3c(=S)oc4c(OC)ccnc4c3=O)sc2c1. The molecule has 0 aliphatic rings. The average molecular weight is 480 g/mol. The molecular weight excluding hydrogens is 462 g/mol. The molecule has 5 rings (SSSR count). The number of thiazole rings is 1. The van der Waals surface area contributed by atoms with Crippen molar-refractivity contribution in [3.05, 3.63) is 69.9 Å². The van der Waals surface area contributed by atoms with Crippen LogP contribution in [-0.4, -0.2) is 28.3 Å². The number of ether oxygens (including phenoxy) is 3. The third-order valence-corrected chi connectivity index (χ3v) is 6.05. The van der Waals surface area contributed by atoms with Gasteiger partial charge in [0.2, 0.25) is 10.7 Å². The van der Waals surface area contributed by atoms with E-state index >= 15 is 0 Å². The number of nitrogens with zero attached hydrogens (tertiary/aromatic N) is 3. The number of hydrogen-bond donors (Lipinski definition) is 0. The van der Waals surface area contributed by atoms with Gasteiger partial charge in [0, 0.05) is 18.3 Å². The van der Waals surface area contributed by atoms with Gasteiger partial charge in [-0.2, -0.15) is 0 Å². The van der Waals surface area contributed by atoms with E-state index in [9.17, 15) is 4.79 Å². The fourth-order valence-corrected chi connectivity index (χ4v) is 4.62. The lowest BCUT2D eigenvalue weighted by Gasteiger charge is -2.11. The summed E-state index contributed by atoms with van der Waals surface area (Å²) < 4.78 is 24.7. The molecule has 0 aliphatic heterocycles. The van der Waals surface area contributed by atoms with E-state index < -0.39 is 5.56 Å². The lowest BCUT2D eigenvalue weighted by molar-refractivity contribution is 0.321. The number of fused-ring (bicyclic) bond motifs is 2. The summed E-state index contributed by atoms with van der Waals surface area (Å²) in [5.41, 5.74) is 0.580. The zero-order chi connectivity index (χ0) is 22.9. The summed E-state index contributed by atoms with van der Waals surface area (Å²) in [5, 5.41) is 0.377. The Labute approximate surface area is 196 Å².